The molecular formula is C25H27N9O2S. The summed E-state index contributed by atoms with van der Waals surface area (Å²) in [5.74, 6) is 4.05. The molecule has 1 saturated heterocycles. The van der Waals surface area contributed by atoms with E-state index in [4.69, 9.17) is 4.52 Å². The summed E-state index contributed by atoms with van der Waals surface area (Å²) >= 11 is 1.53. The molecule has 0 atom stereocenters. The molecule has 0 bridgehead atoms. The first-order valence-corrected chi connectivity index (χ1v) is 13.1. The Morgan fingerprint density at radius 2 is 1.89 bits per heavy atom. The lowest BCUT2D eigenvalue weighted by atomic mass is 10.2. The molecule has 1 aliphatic heterocycles. The fourth-order valence-corrected chi connectivity index (χ4v) is 4.98. The summed E-state index contributed by atoms with van der Waals surface area (Å²) < 4.78 is 5.27. The number of rotatable bonds is 7. The Hall–Kier alpha value is -4.03. The van der Waals surface area contributed by atoms with Crippen LogP contribution in [-0.4, -0.2) is 52.3 Å². The van der Waals surface area contributed by atoms with Crippen molar-refractivity contribution in [3.05, 3.63) is 54.2 Å². The van der Waals surface area contributed by atoms with Crippen LogP contribution in [0.3, 0.4) is 0 Å². The molecule has 190 valence electrons. The third kappa shape index (κ3) is 5.70. The minimum Gasteiger partial charge on any atom is -0.359 e. The maximum Gasteiger partial charge on any atom is 0.324 e. The van der Waals surface area contributed by atoms with Crippen LogP contribution in [0.1, 0.15) is 30.3 Å². The van der Waals surface area contributed by atoms with E-state index in [1.54, 1.807) is 6.07 Å². The van der Waals surface area contributed by atoms with E-state index < -0.39 is 0 Å². The lowest BCUT2D eigenvalue weighted by molar-refractivity contribution is 0.262. The monoisotopic (exact) mass is 517 g/mol. The second-order valence-electron chi connectivity index (χ2n) is 9.10. The van der Waals surface area contributed by atoms with Crippen LogP contribution < -0.4 is 26.2 Å². The van der Waals surface area contributed by atoms with E-state index in [2.05, 4.69) is 46.3 Å². The van der Waals surface area contributed by atoms with Gasteiger partial charge in [0, 0.05) is 56.1 Å². The highest BCUT2D eigenvalue weighted by Gasteiger charge is 2.28. The number of hydrogen-bond acceptors (Lipinski definition) is 10. The van der Waals surface area contributed by atoms with Gasteiger partial charge in [-0.3, -0.25) is 5.32 Å². The summed E-state index contributed by atoms with van der Waals surface area (Å²) in [5.41, 5.74) is 1.68. The van der Waals surface area contributed by atoms with Crippen LogP contribution in [0.25, 0.3) is 10.4 Å². The van der Waals surface area contributed by atoms with Gasteiger partial charge in [-0.25, -0.2) is 19.7 Å². The predicted octanol–water partition coefficient (Wildman–Crippen LogP) is 4.57. The Labute approximate surface area is 217 Å². The predicted molar refractivity (Wildman–Crippen MR) is 144 cm³/mol. The molecule has 12 heteroatoms. The number of thiazole rings is 1. The Bertz CT molecular complexity index is 1390. The summed E-state index contributed by atoms with van der Waals surface area (Å²) in [4.78, 5) is 29.2. The molecule has 11 nitrogen and oxygen atoms in total. The normalized spacial score (nSPS) is 15.4. The van der Waals surface area contributed by atoms with E-state index in [-0.39, 0.29) is 6.03 Å². The minimum atomic E-state index is -0.368. The zero-order valence-electron chi connectivity index (χ0n) is 20.3. The Morgan fingerprint density at radius 3 is 2.68 bits per heavy atom. The van der Waals surface area contributed by atoms with Crippen molar-refractivity contribution in [3.8, 4) is 10.4 Å². The molecule has 3 aromatic heterocycles. The van der Waals surface area contributed by atoms with Crippen molar-refractivity contribution in [2.24, 2.45) is 0 Å². The zero-order chi connectivity index (χ0) is 25.2. The Morgan fingerprint density at radius 1 is 1.08 bits per heavy atom. The average molecular weight is 518 g/mol. The maximum absolute atomic E-state index is 12.3. The van der Waals surface area contributed by atoms with Gasteiger partial charge in [0.05, 0.1) is 4.88 Å². The van der Waals surface area contributed by atoms with Crippen LogP contribution in [0, 0.1) is 6.92 Å². The average Bonchev–Trinajstić information content (AvgIpc) is 3.48. The number of carbonyl (C=O) groups is 1. The lowest BCUT2D eigenvalue weighted by Gasteiger charge is -2.28. The van der Waals surface area contributed by atoms with Crippen molar-refractivity contribution < 1.29 is 9.32 Å². The highest BCUT2D eigenvalue weighted by Crippen LogP contribution is 2.40. The SMILES string of the molecule is Cc1nc(Nc2ncc(-c3ccc(NC(=O)Nc4cc(C5CC5)on4)cc3)s2)cc(N2CCNCC2)n1. The Kier molecular flexibility index (Phi) is 6.41. The molecule has 4 aromatic rings. The van der Waals surface area contributed by atoms with Crippen molar-refractivity contribution in [3.63, 3.8) is 0 Å². The van der Waals surface area contributed by atoms with Crippen molar-refractivity contribution in [1.29, 1.82) is 0 Å². The van der Waals surface area contributed by atoms with E-state index >= 15 is 0 Å². The van der Waals surface area contributed by atoms with Crippen LogP contribution in [0.15, 0.2) is 47.1 Å². The number of hydrogen-bond donors (Lipinski definition) is 4. The maximum atomic E-state index is 12.3. The molecule has 0 radical (unpaired) electrons. The molecule has 2 amide bonds. The van der Waals surface area contributed by atoms with Gasteiger partial charge in [-0.2, -0.15) is 0 Å². The first-order chi connectivity index (χ1) is 18.1. The van der Waals surface area contributed by atoms with Gasteiger partial charge in [0.2, 0.25) is 0 Å². The summed E-state index contributed by atoms with van der Waals surface area (Å²) in [6.07, 6.45) is 4.06. The molecule has 2 aliphatic rings. The minimum absolute atomic E-state index is 0.368. The highest BCUT2D eigenvalue weighted by atomic mass is 32.1. The third-order valence-corrected chi connectivity index (χ3v) is 7.14. The summed E-state index contributed by atoms with van der Waals surface area (Å²) in [6.45, 7) is 5.64. The fourth-order valence-electron chi connectivity index (χ4n) is 4.15. The number of piperazine rings is 1. The van der Waals surface area contributed by atoms with Crippen LogP contribution >= 0.6 is 11.3 Å². The molecule has 1 aromatic carbocycles. The number of anilines is 5. The molecular weight excluding hydrogens is 490 g/mol. The van der Waals surface area contributed by atoms with E-state index in [1.807, 2.05) is 43.5 Å². The molecule has 1 aliphatic carbocycles. The van der Waals surface area contributed by atoms with Crippen LogP contribution in [0.2, 0.25) is 0 Å². The van der Waals surface area contributed by atoms with Gasteiger partial charge < -0.3 is 25.4 Å². The molecule has 0 spiro atoms. The van der Waals surface area contributed by atoms with Gasteiger partial charge in [-0.15, -0.1) is 0 Å². The number of amides is 2. The number of benzene rings is 1. The van der Waals surface area contributed by atoms with Gasteiger partial charge in [-0.1, -0.05) is 28.6 Å². The van der Waals surface area contributed by atoms with Crippen LogP contribution in [0.4, 0.5) is 33.1 Å². The molecule has 4 heterocycles. The van der Waals surface area contributed by atoms with Gasteiger partial charge >= 0.3 is 6.03 Å². The lowest BCUT2D eigenvalue weighted by Crippen LogP contribution is -2.44. The van der Waals surface area contributed by atoms with E-state index in [0.717, 1.165) is 72.0 Å². The van der Waals surface area contributed by atoms with Crippen molar-refractivity contribution in [2.45, 2.75) is 25.7 Å². The molecule has 1 saturated carbocycles. The number of urea groups is 1. The van der Waals surface area contributed by atoms with Crippen molar-refractivity contribution in [2.75, 3.05) is 47.0 Å². The molecule has 4 N–H and O–H groups in total. The molecule has 2 fully saturated rings. The van der Waals surface area contributed by atoms with Gasteiger partial charge in [0.25, 0.3) is 0 Å². The van der Waals surface area contributed by atoms with E-state index in [0.29, 0.717) is 23.2 Å². The molecule has 0 unspecified atom stereocenters. The number of nitrogens with one attached hydrogen (secondary N) is 4. The van der Waals surface area contributed by atoms with Crippen LogP contribution in [-0.2, 0) is 0 Å². The highest BCUT2D eigenvalue weighted by molar-refractivity contribution is 7.18. The summed E-state index contributed by atoms with van der Waals surface area (Å²) in [7, 11) is 0. The number of carbonyl (C=O) groups excluding carboxylic acids is 1. The summed E-state index contributed by atoms with van der Waals surface area (Å²) in [5, 5.41) is 16.9. The second kappa shape index (κ2) is 10.1. The molecule has 37 heavy (non-hydrogen) atoms. The second-order valence-corrected chi connectivity index (χ2v) is 10.1. The summed E-state index contributed by atoms with van der Waals surface area (Å²) in [6, 6.07) is 11.0. The fraction of sp³-hybridized carbons (Fsp3) is 0.320. The van der Waals surface area contributed by atoms with Gasteiger partial charge in [0.15, 0.2) is 10.9 Å². The Balaban J connectivity index is 1.07. The van der Waals surface area contributed by atoms with Crippen LogP contribution in [0.5, 0.6) is 0 Å². The van der Waals surface area contributed by atoms with E-state index in [9.17, 15) is 4.79 Å². The largest absolute Gasteiger partial charge is 0.359 e. The quantitative estimate of drug-likeness (QED) is 0.278. The zero-order valence-corrected chi connectivity index (χ0v) is 21.1. The number of aromatic nitrogens is 4. The topological polar surface area (TPSA) is 133 Å². The van der Waals surface area contributed by atoms with Gasteiger partial charge in [-0.05, 0) is 37.5 Å². The van der Waals surface area contributed by atoms with Gasteiger partial charge in [0.1, 0.15) is 23.2 Å². The van der Waals surface area contributed by atoms with Crippen molar-refractivity contribution >= 4 is 45.6 Å². The first-order valence-electron chi connectivity index (χ1n) is 12.3. The molecule has 6 rings (SSSR count). The number of nitrogens with zero attached hydrogens (tertiary/aromatic N) is 5. The smallest absolute Gasteiger partial charge is 0.324 e. The standard InChI is InChI=1S/C25H27N9O2S/c1-15-28-21(13-23(29-15)34-10-8-26-9-11-34)32-25-27-14-20(37-25)17-4-6-18(7-5-17)30-24(35)31-22-12-19(36-33-22)16-2-3-16/h4-7,12-14,16,26H,2-3,8-11H2,1H3,(H,27,28,29,32)(H2,30,31,33,35). The van der Waals surface area contributed by atoms with Crippen molar-refractivity contribution in [1.82, 2.24) is 25.4 Å². The third-order valence-electron chi connectivity index (χ3n) is 6.18. The number of aryl methyl sites for hydroxylation is 1. The van der Waals surface area contributed by atoms with E-state index in [1.165, 1.54) is 11.3 Å². The first kappa shape index (κ1) is 23.4.